The van der Waals surface area contributed by atoms with E-state index < -0.39 is 0 Å². The Bertz CT molecular complexity index is 641. The van der Waals surface area contributed by atoms with Crippen LogP contribution in [0.4, 0.5) is 0 Å². The molecule has 150 valence electrons. The Morgan fingerprint density at radius 2 is 2.19 bits per heavy atom. The van der Waals surface area contributed by atoms with Crippen molar-refractivity contribution in [2.24, 2.45) is 10.9 Å². The molecule has 0 saturated carbocycles. The Hall–Kier alpha value is -0.280. The molecule has 0 bridgehead atoms. The number of thioether (sulfide) groups is 2. The number of carbonyl (C=O) groups excluding carboxylic acids is 1. The molecule has 0 aromatic carbocycles. The van der Waals surface area contributed by atoms with Crippen molar-refractivity contribution >= 4 is 35.6 Å². The lowest BCUT2D eigenvalue weighted by atomic mass is 9.98. The Kier molecular flexibility index (Phi) is 4.79. The van der Waals surface area contributed by atoms with Crippen LogP contribution in [0.1, 0.15) is 39.5 Å². The van der Waals surface area contributed by atoms with Gasteiger partial charge in [-0.05, 0) is 45.2 Å². The third-order valence-corrected chi connectivity index (χ3v) is 10.3. The van der Waals surface area contributed by atoms with Crippen LogP contribution in [-0.4, -0.2) is 75.8 Å². The van der Waals surface area contributed by atoms with Gasteiger partial charge in [-0.3, -0.25) is 15.1 Å². The summed E-state index contributed by atoms with van der Waals surface area (Å²) >= 11 is 3.94. The van der Waals surface area contributed by atoms with Crippen molar-refractivity contribution in [3.63, 3.8) is 0 Å². The number of amides is 1. The molecule has 1 amide bonds. The molecular formula is C19H30N4O2S2. The lowest BCUT2D eigenvalue weighted by molar-refractivity contribution is -0.133. The molecule has 0 aromatic rings. The lowest BCUT2D eigenvalue weighted by Gasteiger charge is -2.45. The number of ether oxygens (including phenoxy) is 1. The van der Waals surface area contributed by atoms with Crippen LogP contribution in [0.15, 0.2) is 4.99 Å². The smallest absolute Gasteiger partial charge is 0.236 e. The van der Waals surface area contributed by atoms with E-state index in [0.717, 1.165) is 51.9 Å². The molecule has 8 heteroatoms. The van der Waals surface area contributed by atoms with Gasteiger partial charge in [0, 0.05) is 31.0 Å². The number of piperidine rings is 1. The summed E-state index contributed by atoms with van der Waals surface area (Å²) in [5.74, 6) is 0.755. The number of nitrogens with zero attached hydrogens (tertiary/aromatic N) is 2. The molecule has 3 unspecified atom stereocenters. The second-order valence-corrected chi connectivity index (χ2v) is 11.9. The number of epoxide rings is 1. The van der Waals surface area contributed by atoms with Crippen LogP contribution < -0.4 is 10.6 Å². The molecule has 5 heterocycles. The van der Waals surface area contributed by atoms with E-state index in [1.54, 1.807) is 0 Å². The molecule has 2 N–H and O–H groups in total. The lowest BCUT2D eigenvalue weighted by Crippen LogP contribution is -2.56. The Morgan fingerprint density at radius 1 is 1.37 bits per heavy atom. The number of hydrogen-bond acceptors (Lipinski definition) is 7. The number of carbonyl (C=O) groups is 1. The molecule has 5 aliphatic rings. The van der Waals surface area contributed by atoms with E-state index in [4.69, 9.17) is 4.74 Å². The highest BCUT2D eigenvalue weighted by molar-refractivity contribution is 8.02. The van der Waals surface area contributed by atoms with Crippen LogP contribution in [0.25, 0.3) is 0 Å². The average molecular weight is 411 g/mol. The average Bonchev–Trinajstić information content (AvgIpc) is 3.40. The first-order valence-electron chi connectivity index (χ1n) is 10.3. The van der Waals surface area contributed by atoms with E-state index in [2.05, 4.69) is 40.6 Å². The number of rotatable bonds is 3. The standard InChI is InChI=1S/C19H30N4O2S2/c1-12(11-23-17(24)13(2)26-19(23)5-9-21-10-6-19)15-14-16(25-14)22-18(27-15)3-7-20-8-4-18/h7,12-16,21-22H,3-6,8-11H2,1-2H3/t12-,13-,14?,15+,16?,18?/m1/s1. The first-order valence-corrected chi connectivity index (χ1v) is 12.1. The van der Waals surface area contributed by atoms with Gasteiger partial charge in [0.2, 0.25) is 5.91 Å². The van der Waals surface area contributed by atoms with Gasteiger partial charge in [0.25, 0.3) is 0 Å². The quantitative estimate of drug-likeness (QED) is 0.690. The van der Waals surface area contributed by atoms with Gasteiger partial charge in [-0.2, -0.15) is 0 Å². The number of hydrogen-bond donors (Lipinski definition) is 2. The summed E-state index contributed by atoms with van der Waals surface area (Å²) in [5, 5.41) is 7.70. The van der Waals surface area contributed by atoms with Gasteiger partial charge < -0.3 is 15.0 Å². The van der Waals surface area contributed by atoms with E-state index in [-0.39, 0.29) is 21.2 Å². The molecule has 6 atom stereocenters. The minimum Gasteiger partial charge on any atom is -0.352 e. The first kappa shape index (κ1) is 18.7. The summed E-state index contributed by atoms with van der Waals surface area (Å²) in [6, 6.07) is 0. The molecule has 5 rings (SSSR count). The highest BCUT2D eigenvalue weighted by Crippen LogP contribution is 2.52. The highest BCUT2D eigenvalue weighted by Gasteiger charge is 2.58. The van der Waals surface area contributed by atoms with Crippen LogP contribution in [0.3, 0.4) is 0 Å². The van der Waals surface area contributed by atoms with Crippen molar-refractivity contribution in [2.45, 2.75) is 72.1 Å². The second-order valence-electron chi connectivity index (χ2n) is 8.67. The van der Waals surface area contributed by atoms with E-state index in [1.165, 1.54) is 0 Å². The van der Waals surface area contributed by atoms with Crippen molar-refractivity contribution in [3.05, 3.63) is 0 Å². The predicted octanol–water partition coefficient (Wildman–Crippen LogP) is 1.66. The first-order chi connectivity index (χ1) is 13.0. The molecule has 27 heavy (non-hydrogen) atoms. The highest BCUT2D eigenvalue weighted by atomic mass is 32.2. The van der Waals surface area contributed by atoms with Crippen molar-refractivity contribution in [1.29, 1.82) is 0 Å². The molecule has 4 saturated heterocycles. The van der Waals surface area contributed by atoms with Gasteiger partial charge in [0.05, 0.1) is 15.0 Å². The van der Waals surface area contributed by atoms with Crippen LogP contribution in [0.2, 0.25) is 0 Å². The van der Waals surface area contributed by atoms with Gasteiger partial charge in [0.15, 0.2) is 0 Å². The van der Waals surface area contributed by atoms with Gasteiger partial charge in [-0.15, -0.1) is 23.5 Å². The maximum absolute atomic E-state index is 13.0. The Balaban J connectivity index is 1.32. The van der Waals surface area contributed by atoms with Crippen LogP contribution in [0, 0.1) is 5.92 Å². The zero-order valence-corrected chi connectivity index (χ0v) is 17.8. The van der Waals surface area contributed by atoms with Crippen molar-refractivity contribution in [1.82, 2.24) is 15.5 Å². The molecular weight excluding hydrogens is 380 g/mol. The van der Waals surface area contributed by atoms with Gasteiger partial charge >= 0.3 is 0 Å². The number of fused-ring (bicyclic) bond motifs is 1. The number of nitrogens with one attached hydrogen (secondary N) is 2. The molecule has 0 aromatic heterocycles. The monoisotopic (exact) mass is 410 g/mol. The Labute approximate surface area is 170 Å². The molecule has 0 aliphatic carbocycles. The molecule has 2 spiro atoms. The van der Waals surface area contributed by atoms with Gasteiger partial charge in [0.1, 0.15) is 12.3 Å². The third kappa shape index (κ3) is 3.25. The maximum Gasteiger partial charge on any atom is 0.236 e. The molecule has 6 nitrogen and oxygen atoms in total. The topological polar surface area (TPSA) is 69.3 Å². The fourth-order valence-electron chi connectivity index (χ4n) is 5.16. The summed E-state index contributed by atoms with van der Waals surface area (Å²) in [5.41, 5.74) is 0. The van der Waals surface area contributed by atoms with E-state index in [9.17, 15) is 4.79 Å². The minimum atomic E-state index is 0.00653. The van der Waals surface area contributed by atoms with Crippen molar-refractivity contribution in [2.75, 3.05) is 26.2 Å². The van der Waals surface area contributed by atoms with Crippen molar-refractivity contribution < 1.29 is 9.53 Å². The third-order valence-electron chi connectivity index (χ3n) is 6.73. The molecule has 0 radical (unpaired) electrons. The van der Waals surface area contributed by atoms with Crippen LogP contribution >= 0.6 is 23.5 Å². The SMILES string of the molecule is C[C@H](CN1C(=O)[C@@H](C)SC12CCNCC2)[C@@H]1SC2(CC=NCC2)NC2OC21. The summed E-state index contributed by atoms with van der Waals surface area (Å²) < 4.78 is 5.99. The fraction of sp³-hybridized carbons (Fsp3) is 0.895. The van der Waals surface area contributed by atoms with E-state index >= 15 is 0 Å². The van der Waals surface area contributed by atoms with Crippen LogP contribution in [-0.2, 0) is 9.53 Å². The fourth-order valence-corrected chi connectivity index (χ4v) is 8.52. The number of aliphatic imine (C=N–C) groups is 1. The van der Waals surface area contributed by atoms with Gasteiger partial charge in [-0.1, -0.05) is 6.92 Å². The zero-order valence-electron chi connectivity index (χ0n) is 16.1. The predicted molar refractivity (Wildman–Crippen MR) is 111 cm³/mol. The molecule has 4 fully saturated rings. The van der Waals surface area contributed by atoms with Crippen molar-refractivity contribution in [3.8, 4) is 0 Å². The largest absolute Gasteiger partial charge is 0.352 e. The summed E-state index contributed by atoms with van der Waals surface area (Å²) in [6.45, 7) is 8.17. The van der Waals surface area contributed by atoms with E-state index in [0.29, 0.717) is 23.2 Å². The summed E-state index contributed by atoms with van der Waals surface area (Å²) in [6.07, 6.45) is 6.71. The Morgan fingerprint density at radius 3 is 2.93 bits per heavy atom. The van der Waals surface area contributed by atoms with E-state index in [1.807, 2.05) is 23.5 Å². The minimum absolute atomic E-state index is 0.00653. The zero-order chi connectivity index (χ0) is 18.6. The van der Waals surface area contributed by atoms with Crippen LogP contribution in [0.5, 0.6) is 0 Å². The normalized spacial score (nSPS) is 43.9. The molecule has 5 aliphatic heterocycles. The summed E-state index contributed by atoms with van der Waals surface area (Å²) in [4.78, 5) is 19.7. The summed E-state index contributed by atoms with van der Waals surface area (Å²) in [7, 11) is 0. The maximum atomic E-state index is 13.0. The van der Waals surface area contributed by atoms with Gasteiger partial charge in [-0.25, -0.2) is 0 Å². The second kappa shape index (κ2) is 6.90.